The lowest BCUT2D eigenvalue weighted by atomic mass is 9.89. The number of nitrogens with two attached hydrogens (primary N) is 2. The van der Waals surface area contributed by atoms with Crippen LogP contribution in [0.5, 0.6) is 11.5 Å². The van der Waals surface area contributed by atoms with Crippen LogP contribution in [0.4, 0.5) is 15.8 Å². The number of hydrogen-bond acceptors (Lipinski definition) is 7. The average Bonchev–Trinajstić information content (AvgIpc) is 2.89. The molecule has 9 heteroatoms. The zero-order valence-corrected chi connectivity index (χ0v) is 21.3. The van der Waals surface area contributed by atoms with E-state index < -0.39 is 5.66 Å². The molecule has 1 atom stereocenters. The number of fused-ring (bicyclic) bond motifs is 1. The second kappa shape index (κ2) is 11.0. The number of nitrogens with zero attached hydrogens (tertiary/aromatic N) is 2. The Kier molecular flexibility index (Phi) is 7.50. The molecule has 0 saturated carbocycles. The highest BCUT2D eigenvalue weighted by atomic mass is 35.5. The predicted octanol–water partition coefficient (Wildman–Crippen LogP) is 5.12. The topological polar surface area (TPSA) is 98.1 Å². The van der Waals surface area contributed by atoms with E-state index in [0.717, 1.165) is 25.3 Å². The van der Waals surface area contributed by atoms with Crippen LogP contribution in [-0.4, -0.2) is 37.5 Å². The van der Waals surface area contributed by atoms with Crippen molar-refractivity contribution in [1.29, 1.82) is 0 Å². The van der Waals surface area contributed by atoms with Crippen molar-refractivity contribution in [3.05, 3.63) is 82.1 Å². The maximum absolute atomic E-state index is 13.5. The van der Waals surface area contributed by atoms with Crippen molar-refractivity contribution in [3.63, 3.8) is 0 Å². The summed E-state index contributed by atoms with van der Waals surface area (Å²) in [7, 11) is 0. The van der Waals surface area contributed by atoms with Crippen LogP contribution in [0.15, 0.2) is 59.6 Å². The number of rotatable bonds is 8. The van der Waals surface area contributed by atoms with Gasteiger partial charge in [0.2, 0.25) is 0 Å². The first-order valence-corrected chi connectivity index (χ1v) is 12.9. The molecule has 0 bridgehead atoms. The van der Waals surface area contributed by atoms with Crippen LogP contribution in [0.3, 0.4) is 0 Å². The van der Waals surface area contributed by atoms with E-state index in [-0.39, 0.29) is 12.4 Å². The summed E-state index contributed by atoms with van der Waals surface area (Å²) < 4.78 is 25.3. The van der Waals surface area contributed by atoms with Gasteiger partial charge in [0.15, 0.2) is 5.66 Å². The van der Waals surface area contributed by atoms with Gasteiger partial charge in [-0.1, -0.05) is 36.2 Å². The molecule has 0 radical (unpaired) electrons. The summed E-state index contributed by atoms with van der Waals surface area (Å²) in [5, 5.41) is 3.53. The Hall–Kier alpha value is -3.33. The Bertz CT molecular complexity index is 1300. The molecule has 5 rings (SSSR count). The number of benzene rings is 3. The number of likely N-dealkylation sites (tertiary alicyclic amines) is 1. The van der Waals surface area contributed by atoms with Crippen molar-refractivity contribution < 1.29 is 13.9 Å². The fourth-order valence-electron chi connectivity index (χ4n) is 4.77. The van der Waals surface area contributed by atoms with Gasteiger partial charge in [0.05, 0.1) is 22.7 Å². The molecule has 5 N–H and O–H groups in total. The van der Waals surface area contributed by atoms with Crippen LogP contribution in [0, 0.1) is 5.82 Å². The Morgan fingerprint density at radius 2 is 1.86 bits per heavy atom. The lowest BCUT2D eigenvalue weighted by Crippen LogP contribution is -2.39. The van der Waals surface area contributed by atoms with Crippen LogP contribution in [0.2, 0.25) is 5.02 Å². The monoisotopic (exact) mass is 523 g/mol. The summed E-state index contributed by atoms with van der Waals surface area (Å²) in [5.41, 5.74) is 15.3. The van der Waals surface area contributed by atoms with Crippen molar-refractivity contribution in [2.75, 3.05) is 37.3 Å². The van der Waals surface area contributed by atoms with Crippen LogP contribution < -0.4 is 26.3 Å². The molecule has 0 spiro atoms. The second-order valence-corrected chi connectivity index (χ2v) is 9.83. The van der Waals surface area contributed by atoms with Gasteiger partial charge >= 0.3 is 0 Å². The van der Waals surface area contributed by atoms with E-state index >= 15 is 0 Å². The summed E-state index contributed by atoms with van der Waals surface area (Å²) >= 11 is 6.54. The molecule has 3 aromatic carbocycles. The van der Waals surface area contributed by atoms with Gasteiger partial charge in [-0.05, 0) is 61.8 Å². The standard InChI is InChI=1S/C28H31ClFN5O2/c29-23-14-20(7-8-26(23)37-17-19-5-4-6-21(30)13-19)28(32)22-15-24(31)27(16-25(22)33-18-34-28)36-12-11-35-9-2-1-3-10-35/h4-8,13-16,18H,1-3,9-12,17,31-32H2,(H,33,34). The minimum absolute atomic E-state index is 0.187. The molecule has 7 nitrogen and oxygen atoms in total. The zero-order valence-electron chi connectivity index (χ0n) is 20.6. The van der Waals surface area contributed by atoms with Crippen LogP contribution >= 0.6 is 11.6 Å². The fraction of sp³-hybridized carbons (Fsp3) is 0.321. The highest BCUT2D eigenvalue weighted by Gasteiger charge is 2.35. The largest absolute Gasteiger partial charge is 0.490 e. The maximum atomic E-state index is 13.5. The number of aliphatic imine (C=N–C) groups is 1. The third-order valence-corrected chi connectivity index (χ3v) is 7.11. The Morgan fingerprint density at radius 3 is 2.65 bits per heavy atom. The third-order valence-electron chi connectivity index (χ3n) is 6.82. The van der Waals surface area contributed by atoms with E-state index in [0.29, 0.717) is 45.5 Å². The van der Waals surface area contributed by atoms with Gasteiger partial charge in [0.1, 0.15) is 30.5 Å². The minimum Gasteiger partial charge on any atom is -0.490 e. The zero-order chi connectivity index (χ0) is 25.8. The average molecular weight is 524 g/mol. The maximum Gasteiger partial charge on any atom is 0.163 e. The van der Waals surface area contributed by atoms with Crippen molar-refractivity contribution in [3.8, 4) is 11.5 Å². The van der Waals surface area contributed by atoms with Gasteiger partial charge in [-0.15, -0.1) is 0 Å². The molecule has 1 unspecified atom stereocenters. The van der Waals surface area contributed by atoms with Gasteiger partial charge in [0.25, 0.3) is 0 Å². The molecule has 194 valence electrons. The molecule has 1 fully saturated rings. The Morgan fingerprint density at radius 1 is 1.03 bits per heavy atom. The Balaban J connectivity index is 1.31. The van der Waals surface area contributed by atoms with Gasteiger partial charge in [0, 0.05) is 23.7 Å². The molecular formula is C28H31ClFN5O2. The quantitative estimate of drug-likeness (QED) is 0.355. The number of piperidine rings is 1. The predicted molar refractivity (Wildman–Crippen MR) is 146 cm³/mol. The first-order chi connectivity index (χ1) is 17.9. The summed E-state index contributed by atoms with van der Waals surface area (Å²) in [6, 6.07) is 15.2. The van der Waals surface area contributed by atoms with Gasteiger partial charge in [-0.2, -0.15) is 0 Å². The Labute approximate surface area is 221 Å². The van der Waals surface area contributed by atoms with Crippen molar-refractivity contribution in [2.24, 2.45) is 10.7 Å². The summed E-state index contributed by atoms with van der Waals surface area (Å²) in [6.45, 7) is 3.87. The number of nitrogen functional groups attached to an aromatic ring is 1. The lowest BCUT2D eigenvalue weighted by Gasteiger charge is -2.32. The van der Waals surface area contributed by atoms with E-state index in [1.165, 1.54) is 31.4 Å². The van der Waals surface area contributed by atoms with Crippen molar-refractivity contribution >= 4 is 29.3 Å². The van der Waals surface area contributed by atoms with E-state index in [4.69, 9.17) is 32.5 Å². The minimum atomic E-state index is -1.20. The van der Waals surface area contributed by atoms with Crippen molar-refractivity contribution in [2.45, 2.75) is 31.5 Å². The number of halogens is 2. The van der Waals surface area contributed by atoms with E-state index in [1.807, 2.05) is 12.1 Å². The van der Waals surface area contributed by atoms with Crippen LogP contribution in [0.1, 0.15) is 36.0 Å². The first kappa shape index (κ1) is 25.3. The van der Waals surface area contributed by atoms with E-state index in [2.05, 4.69) is 15.2 Å². The molecular weight excluding hydrogens is 493 g/mol. The lowest BCUT2D eigenvalue weighted by molar-refractivity contribution is 0.184. The second-order valence-electron chi connectivity index (χ2n) is 9.42. The number of ether oxygens (including phenoxy) is 2. The molecule has 2 heterocycles. The van der Waals surface area contributed by atoms with E-state index in [9.17, 15) is 4.39 Å². The number of anilines is 2. The number of hydrogen-bond donors (Lipinski definition) is 3. The number of nitrogens with one attached hydrogen (secondary N) is 1. The van der Waals surface area contributed by atoms with Gasteiger partial charge < -0.3 is 20.5 Å². The van der Waals surface area contributed by atoms with Gasteiger partial charge in [-0.3, -0.25) is 10.6 Å². The smallest absolute Gasteiger partial charge is 0.163 e. The van der Waals surface area contributed by atoms with Crippen molar-refractivity contribution in [1.82, 2.24) is 4.90 Å². The SMILES string of the molecule is Nc1cc2c(cc1OCCN1CCCCC1)NC=NC2(N)c1ccc(OCc2cccc(F)c2)c(Cl)c1. The highest BCUT2D eigenvalue weighted by Crippen LogP contribution is 2.42. The van der Waals surface area contributed by atoms with Crippen LogP contribution in [-0.2, 0) is 12.3 Å². The normalized spacial score (nSPS) is 19.2. The summed E-state index contributed by atoms with van der Waals surface area (Å²) in [6.07, 6.45) is 5.36. The van der Waals surface area contributed by atoms with E-state index in [1.54, 1.807) is 36.7 Å². The first-order valence-electron chi connectivity index (χ1n) is 12.5. The molecule has 0 aromatic heterocycles. The summed E-state index contributed by atoms with van der Waals surface area (Å²) in [5.74, 6) is 0.762. The van der Waals surface area contributed by atoms with Crippen LogP contribution in [0.25, 0.3) is 0 Å². The highest BCUT2D eigenvalue weighted by molar-refractivity contribution is 6.32. The molecule has 0 aliphatic carbocycles. The molecule has 2 aliphatic rings. The van der Waals surface area contributed by atoms with Gasteiger partial charge in [-0.25, -0.2) is 9.38 Å². The summed E-state index contributed by atoms with van der Waals surface area (Å²) in [4.78, 5) is 6.96. The molecule has 3 aromatic rings. The third kappa shape index (κ3) is 5.66. The molecule has 0 amide bonds. The molecule has 1 saturated heterocycles. The molecule has 2 aliphatic heterocycles. The molecule has 37 heavy (non-hydrogen) atoms. The fourth-order valence-corrected chi connectivity index (χ4v) is 5.01.